The van der Waals surface area contributed by atoms with E-state index in [0.29, 0.717) is 17.0 Å². The second-order valence-electron chi connectivity index (χ2n) is 4.63. The fraction of sp³-hybridized carbons (Fsp3) is 0. The van der Waals surface area contributed by atoms with Crippen molar-refractivity contribution in [3.8, 4) is 11.5 Å². The lowest BCUT2D eigenvalue weighted by Crippen LogP contribution is -2.11. The molecule has 22 heavy (non-hydrogen) atoms. The van der Waals surface area contributed by atoms with Crippen LogP contribution in [0.3, 0.4) is 0 Å². The number of carbonyl (C=O) groups excluding carboxylic acids is 1. The quantitative estimate of drug-likeness (QED) is 0.786. The molecule has 4 heteroatoms. The van der Waals surface area contributed by atoms with E-state index in [0.717, 1.165) is 5.75 Å². The zero-order valence-corrected chi connectivity index (χ0v) is 11.8. The maximum absolute atomic E-state index is 12.1. The molecule has 1 amide bonds. The third kappa shape index (κ3) is 3.49. The Morgan fingerprint density at radius 2 is 1.45 bits per heavy atom. The van der Waals surface area contributed by atoms with Crippen LogP contribution in [-0.4, -0.2) is 10.9 Å². The number of nitrogens with one attached hydrogen (secondary N) is 1. The minimum atomic E-state index is -0.169. The monoisotopic (exact) mass is 290 g/mol. The van der Waals surface area contributed by atoms with Crippen LogP contribution in [0.2, 0.25) is 0 Å². The zero-order valence-electron chi connectivity index (χ0n) is 11.8. The molecule has 0 atom stereocenters. The molecule has 0 saturated carbocycles. The summed E-state index contributed by atoms with van der Waals surface area (Å²) in [6.07, 6.45) is 3.26. The molecule has 4 nitrogen and oxygen atoms in total. The fourth-order valence-corrected chi connectivity index (χ4v) is 1.94. The van der Waals surface area contributed by atoms with Crippen LogP contribution >= 0.6 is 0 Å². The van der Waals surface area contributed by atoms with Crippen LogP contribution in [0.25, 0.3) is 0 Å². The lowest BCUT2D eigenvalue weighted by molar-refractivity contribution is 0.102. The van der Waals surface area contributed by atoms with Gasteiger partial charge in [0.05, 0.1) is 0 Å². The normalized spacial score (nSPS) is 10.0. The predicted octanol–water partition coefficient (Wildman–Crippen LogP) is 4.13. The molecule has 0 aliphatic carbocycles. The third-order valence-electron chi connectivity index (χ3n) is 3.03. The van der Waals surface area contributed by atoms with E-state index in [-0.39, 0.29) is 5.91 Å². The number of para-hydroxylation sites is 1. The minimum Gasteiger partial charge on any atom is -0.457 e. The Morgan fingerprint density at radius 3 is 2.14 bits per heavy atom. The van der Waals surface area contributed by atoms with E-state index in [9.17, 15) is 4.79 Å². The molecule has 3 rings (SSSR count). The van der Waals surface area contributed by atoms with Gasteiger partial charge in [0.2, 0.25) is 0 Å². The summed E-state index contributed by atoms with van der Waals surface area (Å²) in [4.78, 5) is 16.0. The third-order valence-corrected chi connectivity index (χ3v) is 3.03. The summed E-state index contributed by atoms with van der Waals surface area (Å²) in [6, 6.07) is 20.0. The molecule has 0 aliphatic rings. The van der Waals surface area contributed by atoms with Crippen LogP contribution in [0.5, 0.6) is 11.5 Å². The van der Waals surface area contributed by atoms with Gasteiger partial charge >= 0.3 is 0 Å². The molecule has 0 unspecified atom stereocenters. The molecular weight excluding hydrogens is 276 g/mol. The zero-order chi connectivity index (χ0) is 15.2. The van der Waals surface area contributed by atoms with Crippen molar-refractivity contribution in [3.05, 3.63) is 84.7 Å². The molecule has 0 bridgehead atoms. The first-order chi connectivity index (χ1) is 10.8. The minimum absolute atomic E-state index is 0.169. The number of pyridine rings is 1. The SMILES string of the molecule is O=C(Nc1ccncc1)c1ccc(Oc2ccccc2)cc1. The average molecular weight is 290 g/mol. The summed E-state index contributed by atoms with van der Waals surface area (Å²) in [5.41, 5.74) is 1.28. The summed E-state index contributed by atoms with van der Waals surface area (Å²) in [5, 5.41) is 2.81. The van der Waals surface area contributed by atoms with Crippen molar-refractivity contribution in [1.82, 2.24) is 4.98 Å². The summed E-state index contributed by atoms with van der Waals surface area (Å²) in [7, 11) is 0. The standard InChI is InChI=1S/C18H14N2O2/c21-18(20-15-10-12-19-13-11-15)14-6-8-17(9-7-14)22-16-4-2-1-3-5-16/h1-13H,(H,19,20,21). The Bertz CT molecular complexity index is 741. The molecular formula is C18H14N2O2. The number of aromatic nitrogens is 1. The van der Waals surface area contributed by atoms with Crippen LogP contribution in [-0.2, 0) is 0 Å². The number of benzene rings is 2. The Labute approximate surface area is 128 Å². The van der Waals surface area contributed by atoms with E-state index >= 15 is 0 Å². The Morgan fingerprint density at radius 1 is 0.818 bits per heavy atom. The molecule has 2 aromatic carbocycles. The summed E-state index contributed by atoms with van der Waals surface area (Å²) < 4.78 is 5.69. The number of hydrogen-bond acceptors (Lipinski definition) is 3. The second-order valence-corrected chi connectivity index (χ2v) is 4.63. The van der Waals surface area contributed by atoms with Gasteiger partial charge in [-0.15, -0.1) is 0 Å². The average Bonchev–Trinajstić information content (AvgIpc) is 2.57. The molecule has 0 aliphatic heterocycles. The first-order valence-corrected chi connectivity index (χ1v) is 6.85. The van der Waals surface area contributed by atoms with Gasteiger partial charge in [0.25, 0.3) is 5.91 Å². The van der Waals surface area contributed by atoms with Crippen molar-refractivity contribution in [1.29, 1.82) is 0 Å². The molecule has 1 heterocycles. The summed E-state index contributed by atoms with van der Waals surface area (Å²) in [6.45, 7) is 0. The van der Waals surface area contributed by atoms with Gasteiger partial charge in [-0.25, -0.2) is 0 Å². The van der Waals surface area contributed by atoms with Crippen LogP contribution in [0, 0.1) is 0 Å². The van der Waals surface area contributed by atoms with Gasteiger partial charge in [0.15, 0.2) is 0 Å². The second kappa shape index (κ2) is 6.54. The van der Waals surface area contributed by atoms with Crippen LogP contribution in [0.4, 0.5) is 5.69 Å². The molecule has 0 fully saturated rings. The van der Waals surface area contributed by atoms with Gasteiger partial charge in [-0.05, 0) is 48.5 Å². The van der Waals surface area contributed by atoms with Gasteiger partial charge in [-0.2, -0.15) is 0 Å². The maximum atomic E-state index is 12.1. The summed E-state index contributed by atoms with van der Waals surface area (Å²) >= 11 is 0. The van der Waals surface area contributed by atoms with Crippen molar-refractivity contribution >= 4 is 11.6 Å². The number of hydrogen-bond donors (Lipinski definition) is 1. The van der Waals surface area contributed by atoms with Crippen molar-refractivity contribution < 1.29 is 9.53 Å². The number of carbonyl (C=O) groups is 1. The molecule has 0 radical (unpaired) electrons. The topological polar surface area (TPSA) is 51.2 Å². The molecule has 1 N–H and O–H groups in total. The van der Waals surface area contributed by atoms with Crippen LogP contribution in [0.15, 0.2) is 79.1 Å². The van der Waals surface area contributed by atoms with E-state index in [4.69, 9.17) is 4.74 Å². The Kier molecular flexibility index (Phi) is 4.11. The van der Waals surface area contributed by atoms with E-state index in [2.05, 4.69) is 10.3 Å². The van der Waals surface area contributed by atoms with Crippen LogP contribution in [0.1, 0.15) is 10.4 Å². The molecule has 1 aromatic heterocycles. The van der Waals surface area contributed by atoms with Gasteiger partial charge in [-0.3, -0.25) is 9.78 Å². The lowest BCUT2D eigenvalue weighted by Gasteiger charge is -2.07. The maximum Gasteiger partial charge on any atom is 0.255 e. The number of ether oxygens (including phenoxy) is 1. The largest absolute Gasteiger partial charge is 0.457 e. The number of rotatable bonds is 4. The molecule has 0 spiro atoms. The van der Waals surface area contributed by atoms with E-state index in [1.165, 1.54) is 0 Å². The Balaban J connectivity index is 1.67. The molecule has 108 valence electrons. The van der Waals surface area contributed by atoms with Crippen molar-refractivity contribution in [3.63, 3.8) is 0 Å². The lowest BCUT2D eigenvalue weighted by atomic mass is 10.2. The van der Waals surface area contributed by atoms with E-state index in [1.54, 1.807) is 48.8 Å². The first kappa shape index (κ1) is 13.8. The number of amides is 1. The van der Waals surface area contributed by atoms with Gasteiger partial charge in [0.1, 0.15) is 11.5 Å². The highest BCUT2D eigenvalue weighted by Gasteiger charge is 2.06. The van der Waals surface area contributed by atoms with Gasteiger partial charge < -0.3 is 10.1 Å². The van der Waals surface area contributed by atoms with Gasteiger partial charge in [-0.1, -0.05) is 18.2 Å². The van der Waals surface area contributed by atoms with Crippen molar-refractivity contribution in [2.75, 3.05) is 5.32 Å². The van der Waals surface area contributed by atoms with Crippen LogP contribution < -0.4 is 10.1 Å². The number of anilines is 1. The highest BCUT2D eigenvalue weighted by Crippen LogP contribution is 2.21. The van der Waals surface area contributed by atoms with Crippen molar-refractivity contribution in [2.45, 2.75) is 0 Å². The molecule has 0 saturated heterocycles. The summed E-state index contributed by atoms with van der Waals surface area (Å²) in [5.74, 6) is 1.28. The smallest absolute Gasteiger partial charge is 0.255 e. The fourth-order valence-electron chi connectivity index (χ4n) is 1.94. The van der Waals surface area contributed by atoms with Crippen molar-refractivity contribution in [2.24, 2.45) is 0 Å². The highest BCUT2D eigenvalue weighted by atomic mass is 16.5. The van der Waals surface area contributed by atoms with E-state index < -0.39 is 0 Å². The van der Waals surface area contributed by atoms with Gasteiger partial charge in [0, 0.05) is 23.6 Å². The highest BCUT2D eigenvalue weighted by molar-refractivity contribution is 6.04. The Hall–Kier alpha value is -3.14. The predicted molar refractivity (Wildman–Crippen MR) is 85.1 cm³/mol. The number of nitrogens with zero attached hydrogens (tertiary/aromatic N) is 1. The first-order valence-electron chi connectivity index (χ1n) is 6.85. The molecule has 3 aromatic rings. The van der Waals surface area contributed by atoms with E-state index in [1.807, 2.05) is 30.3 Å².